The van der Waals surface area contributed by atoms with Crippen LogP contribution in [0.2, 0.25) is 0 Å². The summed E-state index contributed by atoms with van der Waals surface area (Å²) in [7, 11) is 0. The van der Waals surface area contributed by atoms with Gasteiger partial charge in [-0.15, -0.1) is 0 Å². The molecule has 17 heavy (non-hydrogen) atoms. The van der Waals surface area contributed by atoms with Crippen molar-refractivity contribution in [2.24, 2.45) is 11.8 Å². The lowest BCUT2D eigenvalue weighted by molar-refractivity contribution is -0.00856. The number of nitrogens with zero attached hydrogens (tertiary/aromatic N) is 1. The maximum absolute atomic E-state index is 10.5. The highest BCUT2D eigenvalue weighted by molar-refractivity contribution is 4.98. The lowest BCUT2D eigenvalue weighted by atomic mass is 9.79. The van der Waals surface area contributed by atoms with Gasteiger partial charge in [0, 0.05) is 12.6 Å². The Balaban J connectivity index is 1.79. The quantitative estimate of drug-likeness (QED) is 0.790. The lowest BCUT2D eigenvalue weighted by Crippen LogP contribution is -2.47. The van der Waals surface area contributed by atoms with E-state index in [1.165, 1.54) is 0 Å². The Bertz CT molecular complexity index is 289. The van der Waals surface area contributed by atoms with Crippen LogP contribution in [0.15, 0.2) is 0 Å². The molecular weight excluding hydrogens is 212 g/mol. The van der Waals surface area contributed by atoms with E-state index < -0.39 is 5.60 Å². The Kier molecular flexibility index (Phi) is 4.06. The van der Waals surface area contributed by atoms with E-state index in [0.717, 1.165) is 50.9 Å². The summed E-state index contributed by atoms with van der Waals surface area (Å²) in [5.41, 5.74) is -0.519. The van der Waals surface area contributed by atoms with E-state index in [0.29, 0.717) is 12.6 Å². The molecule has 3 heteroatoms. The molecule has 3 nitrogen and oxygen atoms in total. The number of rotatable bonds is 3. The molecule has 2 fully saturated rings. The number of hydrogen-bond acceptors (Lipinski definition) is 3. The van der Waals surface area contributed by atoms with Crippen molar-refractivity contribution < 1.29 is 5.11 Å². The summed E-state index contributed by atoms with van der Waals surface area (Å²) in [6.45, 7) is 2.93. The van der Waals surface area contributed by atoms with E-state index in [1.54, 1.807) is 0 Å². The summed E-state index contributed by atoms with van der Waals surface area (Å²) >= 11 is 0. The molecule has 0 amide bonds. The van der Waals surface area contributed by atoms with Crippen molar-refractivity contribution in [3.63, 3.8) is 0 Å². The third-order valence-electron chi connectivity index (χ3n) is 4.58. The Morgan fingerprint density at radius 1 is 1.29 bits per heavy atom. The van der Waals surface area contributed by atoms with Crippen molar-refractivity contribution >= 4 is 0 Å². The average molecular weight is 236 g/mol. The fraction of sp³-hybridized carbons (Fsp3) is 0.929. The zero-order chi connectivity index (χ0) is 12.3. The average Bonchev–Trinajstić information content (AvgIpc) is 2.78. The lowest BCUT2D eigenvalue weighted by Gasteiger charge is -2.36. The molecule has 2 rings (SSSR count). The molecule has 2 unspecified atom stereocenters. The van der Waals surface area contributed by atoms with Crippen molar-refractivity contribution in [2.75, 3.05) is 6.54 Å². The van der Waals surface area contributed by atoms with E-state index in [2.05, 4.69) is 18.3 Å². The molecule has 0 saturated heterocycles. The summed E-state index contributed by atoms with van der Waals surface area (Å²) in [6, 6.07) is 2.69. The summed E-state index contributed by atoms with van der Waals surface area (Å²) in [5.74, 6) is 0.912. The van der Waals surface area contributed by atoms with Crippen molar-refractivity contribution in [1.82, 2.24) is 5.32 Å². The van der Waals surface area contributed by atoms with Crippen molar-refractivity contribution in [2.45, 2.75) is 63.5 Å². The van der Waals surface area contributed by atoms with Crippen LogP contribution >= 0.6 is 0 Å². The van der Waals surface area contributed by atoms with E-state index in [-0.39, 0.29) is 5.92 Å². The first-order chi connectivity index (χ1) is 8.13. The molecule has 0 radical (unpaired) electrons. The van der Waals surface area contributed by atoms with Gasteiger partial charge in [-0.3, -0.25) is 0 Å². The highest BCUT2D eigenvalue weighted by Gasteiger charge is 2.34. The Morgan fingerprint density at radius 3 is 2.65 bits per heavy atom. The Hall–Kier alpha value is -0.590. The third kappa shape index (κ3) is 3.20. The molecule has 0 aromatic carbocycles. The zero-order valence-corrected chi connectivity index (χ0v) is 10.8. The van der Waals surface area contributed by atoms with Gasteiger partial charge in [-0.25, -0.2) is 0 Å². The molecule has 0 bridgehead atoms. The Labute approximate surface area is 104 Å². The van der Waals surface area contributed by atoms with Crippen LogP contribution in [0.5, 0.6) is 0 Å². The van der Waals surface area contributed by atoms with Crippen LogP contribution < -0.4 is 5.32 Å². The van der Waals surface area contributed by atoms with Crippen LogP contribution in [0, 0.1) is 23.2 Å². The van der Waals surface area contributed by atoms with Crippen LogP contribution in [0.25, 0.3) is 0 Å². The van der Waals surface area contributed by atoms with Crippen LogP contribution in [0.4, 0.5) is 0 Å². The minimum absolute atomic E-state index is 0.154. The summed E-state index contributed by atoms with van der Waals surface area (Å²) in [4.78, 5) is 0. The monoisotopic (exact) mass is 236 g/mol. The van der Waals surface area contributed by atoms with Crippen molar-refractivity contribution in [3.05, 3.63) is 0 Å². The molecule has 96 valence electrons. The predicted octanol–water partition coefficient (Wildman–Crippen LogP) is 2.21. The molecule has 0 heterocycles. The second-order valence-corrected chi connectivity index (χ2v) is 6.06. The summed E-state index contributed by atoms with van der Waals surface area (Å²) in [5, 5.41) is 22.9. The van der Waals surface area contributed by atoms with E-state index in [4.69, 9.17) is 5.26 Å². The molecule has 2 N–H and O–H groups in total. The number of nitriles is 1. The van der Waals surface area contributed by atoms with Gasteiger partial charge < -0.3 is 10.4 Å². The molecule has 2 saturated carbocycles. The number of hydrogen-bond donors (Lipinski definition) is 2. The predicted molar refractivity (Wildman–Crippen MR) is 67.3 cm³/mol. The van der Waals surface area contributed by atoms with Crippen LogP contribution in [0.1, 0.15) is 51.9 Å². The van der Waals surface area contributed by atoms with Gasteiger partial charge in [-0.1, -0.05) is 13.3 Å². The summed E-state index contributed by atoms with van der Waals surface area (Å²) < 4.78 is 0. The normalized spacial score (nSPS) is 42.3. The van der Waals surface area contributed by atoms with Gasteiger partial charge in [0.1, 0.15) is 0 Å². The second kappa shape index (κ2) is 5.37. The molecule has 0 spiro atoms. The minimum Gasteiger partial charge on any atom is -0.389 e. The summed E-state index contributed by atoms with van der Waals surface area (Å²) in [6.07, 6.45) is 7.32. The number of aliphatic hydroxyl groups is 1. The first-order valence-corrected chi connectivity index (χ1v) is 6.98. The maximum Gasteiger partial charge on any atom is 0.0771 e. The molecule has 2 aliphatic carbocycles. The van der Waals surface area contributed by atoms with Crippen molar-refractivity contribution in [1.29, 1.82) is 5.26 Å². The van der Waals surface area contributed by atoms with E-state index in [9.17, 15) is 5.11 Å². The van der Waals surface area contributed by atoms with Gasteiger partial charge in [-0.05, 0) is 44.4 Å². The SMILES string of the molecule is CC1CCC(O)(CNC2CCCC2C#N)CC1. The molecule has 0 aliphatic heterocycles. The van der Waals surface area contributed by atoms with E-state index >= 15 is 0 Å². The third-order valence-corrected chi connectivity index (χ3v) is 4.58. The standard InChI is InChI=1S/C14H24N2O/c1-11-5-7-14(17,8-6-11)10-16-13-4-2-3-12(13)9-15/h11-13,16-17H,2-8,10H2,1H3. The highest BCUT2D eigenvalue weighted by Crippen LogP contribution is 2.32. The van der Waals surface area contributed by atoms with Crippen LogP contribution in [0.3, 0.4) is 0 Å². The van der Waals surface area contributed by atoms with Gasteiger partial charge in [0.25, 0.3) is 0 Å². The first kappa shape index (κ1) is 12.9. The van der Waals surface area contributed by atoms with Crippen LogP contribution in [-0.4, -0.2) is 23.3 Å². The molecule has 0 aromatic heterocycles. The van der Waals surface area contributed by atoms with E-state index in [1.807, 2.05) is 0 Å². The molecular formula is C14H24N2O. The Morgan fingerprint density at radius 2 is 2.00 bits per heavy atom. The van der Waals surface area contributed by atoms with Gasteiger partial charge >= 0.3 is 0 Å². The van der Waals surface area contributed by atoms with Gasteiger partial charge in [0.05, 0.1) is 17.6 Å². The smallest absolute Gasteiger partial charge is 0.0771 e. The van der Waals surface area contributed by atoms with Gasteiger partial charge in [-0.2, -0.15) is 5.26 Å². The topological polar surface area (TPSA) is 56.0 Å². The maximum atomic E-state index is 10.5. The molecule has 2 aliphatic rings. The van der Waals surface area contributed by atoms with Crippen LogP contribution in [-0.2, 0) is 0 Å². The fourth-order valence-corrected chi connectivity index (χ4v) is 3.16. The zero-order valence-electron chi connectivity index (χ0n) is 10.8. The molecule has 0 aromatic rings. The number of nitrogens with one attached hydrogen (secondary N) is 1. The second-order valence-electron chi connectivity index (χ2n) is 6.06. The van der Waals surface area contributed by atoms with Gasteiger partial charge in [0.2, 0.25) is 0 Å². The molecule has 2 atom stereocenters. The fourth-order valence-electron chi connectivity index (χ4n) is 3.16. The van der Waals surface area contributed by atoms with Gasteiger partial charge in [0.15, 0.2) is 0 Å². The van der Waals surface area contributed by atoms with Crippen molar-refractivity contribution in [3.8, 4) is 6.07 Å². The first-order valence-electron chi connectivity index (χ1n) is 6.98. The highest BCUT2D eigenvalue weighted by atomic mass is 16.3. The minimum atomic E-state index is -0.519. The largest absolute Gasteiger partial charge is 0.389 e.